The fraction of sp³-hybridized carbons (Fsp3) is 0.429. The Kier molecular flexibility index (Phi) is 5.83. The van der Waals surface area contributed by atoms with E-state index in [0.29, 0.717) is 18.7 Å². The summed E-state index contributed by atoms with van der Waals surface area (Å²) in [4.78, 5) is 37.9. The van der Waals surface area contributed by atoms with Gasteiger partial charge in [-0.3, -0.25) is 14.4 Å². The van der Waals surface area contributed by atoms with Crippen LogP contribution in [-0.2, 0) is 25.3 Å². The minimum Gasteiger partial charge on any atom is -0.455 e. The summed E-state index contributed by atoms with van der Waals surface area (Å²) >= 11 is 5.65. The monoisotopic (exact) mass is 379 g/mol. The Bertz CT molecular complexity index is 686. The number of aromatic nitrogens is 1. The fourth-order valence-corrected chi connectivity index (χ4v) is 2.26. The van der Waals surface area contributed by atoms with Gasteiger partial charge in [-0.05, 0) is 12.5 Å². The van der Waals surface area contributed by atoms with Crippen molar-refractivity contribution < 1.29 is 32.3 Å². The number of anilines is 1. The van der Waals surface area contributed by atoms with Gasteiger partial charge in [0.25, 0.3) is 5.91 Å². The standard InChI is InChI=1S/C14H13ClF3N3O4/c15-9-3-8(14(16,17)18)5-20-12(9)21-11(23)6-25-13(24)7-1-2-10(22)19-4-7/h3,5,7H,1-2,4,6H2,(H,19,22)(H,20,21,23)/t7-/m1/s1. The lowest BCUT2D eigenvalue weighted by Crippen LogP contribution is -2.39. The van der Waals surface area contributed by atoms with Crippen molar-refractivity contribution in [3.05, 3.63) is 22.8 Å². The number of pyridine rings is 1. The Morgan fingerprint density at radius 2 is 2.16 bits per heavy atom. The van der Waals surface area contributed by atoms with Gasteiger partial charge >= 0.3 is 12.1 Å². The van der Waals surface area contributed by atoms with Crippen LogP contribution in [0.2, 0.25) is 5.02 Å². The van der Waals surface area contributed by atoms with Crippen molar-refractivity contribution in [3.63, 3.8) is 0 Å². The molecule has 1 saturated heterocycles. The Balaban J connectivity index is 1.86. The predicted molar refractivity (Wildman–Crippen MR) is 79.6 cm³/mol. The molecule has 7 nitrogen and oxygen atoms in total. The van der Waals surface area contributed by atoms with Crippen LogP contribution >= 0.6 is 11.6 Å². The van der Waals surface area contributed by atoms with Crippen LogP contribution in [0.5, 0.6) is 0 Å². The van der Waals surface area contributed by atoms with Gasteiger partial charge in [0.2, 0.25) is 5.91 Å². The molecule has 2 amide bonds. The van der Waals surface area contributed by atoms with E-state index in [4.69, 9.17) is 16.3 Å². The summed E-state index contributed by atoms with van der Waals surface area (Å²) in [5, 5.41) is 4.26. The molecule has 0 aromatic carbocycles. The van der Waals surface area contributed by atoms with Crippen molar-refractivity contribution in [1.29, 1.82) is 0 Å². The van der Waals surface area contributed by atoms with Crippen molar-refractivity contribution in [3.8, 4) is 0 Å². The second kappa shape index (κ2) is 7.68. The molecule has 2 rings (SSSR count). The summed E-state index contributed by atoms with van der Waals surface area (Å²) in [6.45, 7) is -0.520. The van der Waals surface area contributed by atoms with E-state index in [1.54, 1.807) is 0 Å². The second-order valence-corrected chi connectivity index (χ2v) is 5.65. The first-order valence-corrected chi connectivity index (χ1v) is 7.50. The molecule has 1 aromatic rings. The lowest BCUT2D eigenvalue weighted by Gasteiger charge is -2.20. The van der Waals surface area contributed by atoms with E-state index >= 15 is 0 Å². The molecule has 1 fully saturated rings. The summed E-state index contributed by atoms with van der Waals surface area (Å²) < 4.78 is 42.3. The first kappa shape index (κ1) is 19.0. The Hall–Kier alpha value is -2.36. The molecule has 0 spiro atoms. The molecule has 2 N–H and O–H groups in total. The summed E-state index contributed by atoms with van der Waals surface area (Å²) in [6, 6.07) is 0.626. The van der Waals surface area contributed by atoms with E-state index in [1.165, 1.54) is 0 Å². The van der Waals surface area contributed by atoms with Gasteiger partial charge in [0, 0.05) is 19.2 Å². The van der Waals surface area contributed by atoms with Crippen LogP contribution in [0.25, 0.3) is 0 Å². The van der Waals surface area contributed by atoms with Gasteiger partial charge < -0.3 is 15.4 Å². The average molecular weight is 380 g/mol. The number of amides is 2. The topological polar surface area (TPSA) is 97.4 Å². The van der Waals surface area contributed by atoms with Crippen LogP contribution in [-0.4, -0.2) is 35.9 Å². The highest BCUT2D eigenvalue weighted by Crippen LogP contribution is 2.32. The first-order valence-electron chi connectivity index (χ1n) is 7.12. The van der Waals surface area contributed by atoms with E-state index in [-0.39, 0.29) is 24.7 Å². The lowest BCUT2D eigenvalue weighted by molar-refractivity contribution is -0.152. The molecule has 25 heavy (non-hydrogen) atoms. The normalized spacial score (nSPS) is 17.6. The van der Waals surface area contributed by atoms with Gasteiger partial charge in [-0.15, -0.1) is 0 Å². The number of nitrogens with one attached hydrogen (secondary N) is 2. The third kappa shape index (κ3) is 5.31. The SMILES string of the molecule is O=C1CC[C@@H](C(=O)OCC(=O)Nc2ncc(C(F)(F)F)cc2Cl)CN1. The molecular weight excluding hydrogens is 367 g/mol. The number of carbonyl (C=O) groups is 3. The number of halogens is 4. The lowest BCUT2D eigenvalue weighted by atomic mass is 10.00. The van der Waals surface area contributed by atoms with Crippen molar-refractivity contribution in [2.24, 2.45) is 5.92 Å². The zero-order valence-corrected chi connectivity index (χ0v) is 13.4. The molecule has 2 heterocycles. The smallest absolute Gasteiger partial charge is 0.417 e. The first-order chi connectivity index (χ1) is 11.7. The van der Waals surface area contributed by atoms with Crippen LogP contribution in [0.4, 0.5) is 19.0 Å². The molecule has 136 valence electrons. The molecule has 1 aliphatic rings. The number of ether oxygens (including phenoxy) is 1. The number of hydrogen-bond donors (Lipinski definition) is 2. The van der Waals surface area contributed by atoms with Crippen molar-refractivity contribution in [1.82, 2.24) is 10.3 Å². The Morgan fingerprint density at radius 1 is 1.44 bits per heavy atom. The molecule has 1 aliphatic heterocycles. The fourth-order valence-electron chi connectivity index (χ4n) is 2.04. The summed E-state index contributed by atoms with van der Waals surface area (Å²) in [5.41, 5.74) is -1.05. The maximum absolute atomic E-state index is 12.5. The largest absolute Gasteiger partial charge is 0.455 e. The molecule has 0 aliphatic carbocycles. The summed E-state index contributed by atoms with van der Waals surface area (Å²) in [6.07, 6.45) is -3.57. The average Bonchev–Trinajstić information content (AvgIpc) is 2.54. The van der Waals surface area contributed by atoms with Gasteiger partial charge in [-0.25, -0.2) is 4.98 Å². The van der Waals surface area contributed by atoms with Crippen molar-refractivity contribution >= 4 is 35.2 Å². The number of hydrogen-bond acceptors (Lipinski definition) is 5. The highest BCUT2D eigenvalue weighted by molar-refractivity contribution is 6.33. The Morgan fingerprint density at radius 3 is 2.72 bits per heavy atom. The van der Waals surface area contributed by atoms with Gasteiger partial charge in [-0.1, -0.05) is 11.6 Å². The zero-order chi connectivity index (χ0) is 18.6. The van der Waals surface area contributed by atoms with E-state index in [1.807, 2.05) is 0 Å². The van der Waals surface area contributed by atoms with Crippen LogP contribution in [0, 0.1) is 5.92 Å². The molecule has 0 bridgehead atoms. The predicted octanol–water partition coefficient (Wildman–Crippen LogP) is 1.76. The molecule has 0 saturated carbocycles. The molecular formula is C14H13ClF3N3O4. The van der Waals surface area contributed by atoms with Crippen LogP contribution in [0.1, 0.15) is 18.4 Å². The molecule has 0 radical (unpaired) electrons. The van der Waals surface area contributed by atoms with E-state index < -0.39 is 41.2 Å². The minimum absolute atomic E-state index is 0.131. The van der Waals surface area contributed by atoms with E-state index in [9.17, 15) is 27.6 Å². The minimum atomic E-state index is -4.61. The quantitative estimate of drug-likeness (QED) is 0.777. The highest BCUT2D eigenvalue weighted by Gasteiger charge is 2.32. The molecule has 1 aromatic heterocycles. The maximum Gasteiger partial charge on any atom is 0.417 e. The molecule has 0 unspecified atom stereocenters. The number of nitrogens with zero attached hydrogens (tertiary/aromatic N) is 1. The van der Waals surface area contributed by atoms with Gasteiger partial charge in [0.05, 0.1) is 16.5 Å². The summed E-state index contributed by atoms with van der Waals surface area (Å²) in [7, 11) is 0. The highest BCUT2D eigenvalue weighted by atomic mass is 35.5. The number of piperidine rings is 1. The Labute approximate surface area is 144 Å². The van der Waals surface area contributed by atoms with Crippen molar-refractivity contribution in [2.45, 2.75) is 19.0 Å². The van der Waals surface area contributed by atoms with Crippen molar-refractivity contribution in [2.75, 3.05) is 18.5 Å². The maximum atomic E-state index is 12.5. The van der Waals surface area contributed by atoms with Crippen LogP contribution in [0.15, 0.2) is 12.3 Å². The van der Waals surface area contributed by atoms with Gasteiger partial charge in [0.15, 0.2) is 12.4 Å². The molecule has 11 heteroatoms. The van der Waals surface area contributed by atoms with Crippen LogP contribution in [0.3, 0.4) is 0 Å². The molecule has 1 atom stereocenters. The third-order valence-corrected chi connectivity index (χ3v) is 3.66. The second-order valence-electron chi connectivity index (χ2n) is 5.25. The van der Waals surface area contributed by atoms with Crippen LogP contribution < -0.4 is 10.6 Å². The van der Waals surface area contributed by atoms with E-state index in [2.05, 4.69) is 15.6 Å². The number of carbonyl (C=O) groups excluding carboxylic acids is 3. The zero-order valence-electron chi connectivity index (χ0n) is 12.7. The third-order valence-electron chi connectivity index (χ3n) is 3.37. The summed E-state index contributed by atoms with van der Waals surface area (Å²) in [5.74, 6) is -2.44. The number of alkyl halides is 3. The van der Waals surface area contributed by atoms with E-state index in [0.717, 1.165) is 0 Å². The van der Waals surface area contributed by atoms with Gasteiger partial charge in [-0.2, -0.15) is 13.2 Å². The van der Waals surface area contributed by atoms with Gasteiger partial charge in [0.1, 0.15) is 0 Å². The number of rotatable bonds is 4. The number of esters is 1.